The number of hydrogen-bond acceptors (Lipinski definition) is 6. The van der Waals surface area contributed by atoms with Crippen molar-refractivity contribution in [3.63, 3.8) is 0 Å². The van der Waals surface area contributed by atoms with E-state index in [1.807, 2.05) is 0 Å². The molecule has 2 heterocycles. The molecule has 0 bridgehead atoms. The molecule has 0 saturated heterocycles. The monoisotopic (exact) mass is 358 g/mol. The Bertz CT molecular complexity index is 928. The lowest BCUT2D eigenvalue weighted by molar-refractivity contribution is -0.0173. The Balaban J connectivity index is 1.68. The average Bonchev–Trinajstić information content (AvgIpc) is 3.12. The number of nitrogens with one attached hydrogen (secondary N) is 1. The fourth-order valence-corrected chi connectivity index (χ4v) is 3.16. The molecule has 2 aliphatic rings. The first-order chi connectivity index (χ1) is 12.5. The van der Waals surface area contributed by atoms with Crippen molar-refractivity contribution in [2.45, 2.75) is 19.1 Å². The molecular formula is C18H15FN2O5. The van der Waals surface area contributed by atoms with Gasteiger partial charge in [-0.25, -0.2) is 9.18 Å². The summed E-state index contributed by atoms with van der Waals surface area (Å²) >= 11 is 0. The fraction of sp³-hybridized carbons (Fsp3) is 0.222. The molecule has 0 spiro atoms. The molecule has 4 rings (SSSR count). The average molecular weight is 358 g/mol. The lowest BCUT2D eigenvalue weighted by Crippen LogP contribution is -2.19. The molecule has 2 aromatic carbocycles. The number of nitrogens with zero attached hydrogens (tertiary/aromatic N) is 1. The standard InChI is InChI=1S/C18H15FN2O5/c19-11-1-2-16(22)12(5-11)14-6-15(21-20-14)13-4-9(18(23)24)3-10-7-25-8-26-17(10)13/h1-5,15,21-22H,6-8H2,(H,23,24)/t15-/m1/s1. The van der Waals surface area contributed by atoms with Crippen molar-refractivity contribution in [3.05, 3.63) is 58.4 Å². The van der Waals surface area contributed by atoms with E-state index >= 15 is 0 Å². The number of fused-ring (bicyclic) bond motifs is 1. The van der Waals surface area contributed by atoms with Gasteiger partial charge >= 0.3 is 5.97 Å². The number of rotatable bonds is 3. The van der Waals surface area contributed by atoms with E-state index in [1.165, 1.54) is 30.3 Å². The first kappa shape index (κ1) is 16.3. The zero-order valence-corrected chi connectivity index (χ0v) is 13.5. The van der Waals surface area contributed by atoms with Gasteiger partial charge in [-0.15, -0.1) is 0 Å². The van der Waals surface area contributed by atoms with Crippen molar-refractivity contribution in [1.29, 1.82) is 0 Å². The molecule has 0 aliphatic carbocycles. The van der Waals surface area contributed by atoms with Crippen molar-refractivity contribution in [3.8, 4) is 11.5 Å². The molecule has 1 atom stereocenters. The third kappa shape index (κ3) is 2.84. The van der Waals surface area contributed by atoms with Gasteiger partial charge in [0.15, 0.2) is 6.79 Å². The van der Waals surface area contributed by atoms with Crippen LogP contribution in [0.4, 0.5) is 4.39 Å². The maximum absolute atomic E-state index is 13.5. The minimum absolute atomic E-state index is 0.0708. The lowest BCUT2D eigenvalue weighted by atomic mass is 9.94. The molecule has 3 N–H and O–H groups in total. The van der Waals surface area contributed by atoms with Crippen molar-refractivity contribution in [2.75, 3.05) is 6.79 Å². The van der Waals surface area contributed by atoms with Crippen LogP contribution in [0, 0.1) is 5.82 Å². The third-order valence-electron chi connectivity index (χ3n) is 4.38. The Morgan fingerprint density at radius 2 is 2.15 bits per heavy atom. The smallest absolute Gasteiger partial charge is 0.335 e. The lowest BCUT2D eigenvalue weighted by Gasteiger charge is -2.23. The van der Waals surface area contributed by atoms with Gasteiger partial charge in [-0.05, 0) is 30.3 Å². The Labute approximate surface area is 147 Å². The van der Waals surface area contributed by atoms with Gasteiger partial charge in [0.05, 0.1) is 23.9 Å². The van der Waals surface area contributed by atoms with Crippen molar-refractivity contribution in [2.24, 2.45) is 5.10 Å². The number of aromatic carboxylic acids is 1. The minimum Gasteiger partial charge on any atom is -0.507 e. The second-order valence-electron chi connectivity index (χ2n) is 6.08. The van der Waals surface area contributed by atoms with Crippen molar-refractivity contribution < 1.29 is 28.9 Å². The van der Waals surface area contributed by atoms with E-state index in [0.717, 1.165) is 0 Å². The van der Waals surface area contributed by atoms with Gasteiger partial charge in [-0.1, -0.05) is 0 Å². The molecule has 0 aromatic heterocycles. The van der Waals surface area contributed by atoms with E-state index in [9.17, 15) is 19.4 Å². The molecule has 0 radical (unpaired) electrons. The highest BCUT2D eigenvalue weighted by Gasteiger charge is 2.29. The summed E-state index contributed by atoms with van der Waals surface area (Å²) in [6.07, 6.45) is 0.344. The number of hydrogen-bond donors (Lipinski definition) is 3. The molecule has 0 amide bonds. The van der Waals surface area contributed by atoms with Gasteiger partial charge in [0, 0.05) is 23.1 Å². The van der Waals surface area contributed by atoms with E-state index in [2.05, 4.69) is 10.5 Å². The largest absolute Gasteiger partial charge is 0.507 e. The highest BCUT2D eigenvalue weighted by molar-refractivity contribution is 6.04. The molecule has 7 nitrogen and oxygen atoms in total. The van der Waals surface area contributed by atoms with E-state index in [-0.39, 0.29) is 30.8 Å². The number of benzene rings is 2. The van der Waals surface area contributed by atoms with Crippen LogP contribution in [0.2, 0.25) is 0 Å². The normalized spacial score (nSPS) is 18.5. The molecule has 0 fully saturated rings. The minimum atomic E-state index is -1.05. The topological polar surface area (TPSA) is 100 Å². The number of ether oxygens (including phenoxy) is 2. The third-order valence-corrected chi connectivity index (χ3v) is 4.38. The number of carboxylic acid groups (broad SMARTS) is 1. The first-order valence-electron chi connectivity index (χ1n) is 7.94. The van der Waals surface area contributed by atoms with E-state index in [1.54, 1.807) is 0 Å². The van der Waals surface area contributed by atoms with Crippen LogP contribution in [-0.2, 0) is 11.3 Å². The molecule has 2 aliphatic heterocycles. The predicted octanol–water partition coefficient (Wildman–Crippen LogP) is 2.53. The number of aromatic hydroxyl groups is 1. The van der Waals surface area contributed by atoms with Crippen LogP contribution in [0.25, 0.3) is 0 Å². The molecule has 8 heteroatoms. The number of carbonyl (C=O) groups is 1. The summed E-state index contributed by atoms with van der Waals surface area (Å²) in [7, 11) is 0. The second-order valence-corrected chi connectivity index (χ2v) is 6.08. The first-order valence-corrected chi connectivity index (χ1v) is 7.94. The number of phenolic OH excluding ortho intramolecular Hbond substituents is 1. The summed E-state index contributed by atoms with van der Waals surface area (Å²) in [5.41, 5.74) is 5.11. The van der Waals surface area contributed by atoms with E-state index < -0.39 is 11.8 Å². The van der Waals surface area contributed by atoms with Crippen LogP contribution in [0.5, 0.6) is 11.5 Å². The zero-order valence-electron chi connectivity index (χ0n) is 13.5. The predicted molar refractivity (Wildman–Crippen MR) is 88.8 cm³/mol. The quantitative estimate of drug-likeness (QED) is 0.780. The summed E-state index contributed by atoms with van der Waals surface area (Å²) in [4.78, 5) is 11.4. The summed E-state index contributed by atoms with van der Waals surface area (Å²) in [5.74, 6) is -1.03. The summed E-state index contributed by atoms with van der Waals surface area (Å²) in [6, 6.07) is 6.35. The summed E-state index contributed by atoms with van der Waals surface area (Å²) in [6.45, 7) is 0.339. The zero-order chi connectivity index (χ0) is 18.3. The van der Waals surface area contributed by atoms with E-state index in [4.69, 9.17) is 9.47 Å². The van der Waals surface area contributed by atoms with Crippen LogP contribution >= 0.6 is 0 Å². The maximum atomic E-state index is 13.5. The van der Waals surface area contributed by atoms with Crippen LogP contribution in [-0.4, -0.2) is 28.7 Å². The number of halogens is 1. The molecular weight excluding hydrogens is 343 g/mol. The highest BCUT2D eigenvalue weighted by atomic mass is 19.1. The van der Waals surface area contributed by atoms with Crippen LogP contribution < -0.4 is 10.2 Å². The van der Waals surface area contributed by atoms with Gasteiger partial charge in [-0.2, -0.15) is 5.10 Å². The molecule has 2 aromatic rings. The summed E-state index contributed by atoms with van der Waals surface area (Å²) in [5, 5.41) is 23.5. The van der Waals surface area contributed by atoms with Crippen LogP contribution in [0.1, 0.15) is 39.5 Å². The second kappa shape index (κ2) is 6.30. The Hall–Kier alpha value is -3.13. The Morgan fingerprint density at radius 1 is 1.31 bits per heavy atom. The number of hydrazone groups is 1. The van der Waals surface area contributed by atoms with E-state index in [0.29, 0.717) is 34.6 Å². The Kier molecular flexibility index (Phi) is 3.96. The van der Waals surface area contributed by atoms with Gasteiger partial charge < -0.3 is 25.1 Å². The van der Waals surface area contributed by atoms with Gasteiger partial charge in [0.25, 0.3) is 0 Å². The fourth-order valence-electron chi connectivity index (χ4n) is 3.16. The van der Waals surface area contributed by atoms with Crippen molar-refractivity contribution >= 4 is 11.7 Å². The highest BCUT2D eigenvalue weighted by Crippen LogP contribution is 2.38. The van der Waals surface area contributed by atoms with Gasteiger partial charge in [0.1, 0.15) is 17.3 Å². The Morgan fingerprint density at radius 3 is 2.96 bits per heavy atom. The summed E-state index contributed by atoms with van der Waals surface area (Å²) < 4.78 is 24.3. The van der Waals surface area contributed by atoms with Gasteiger partial charge in [-0.3, -0.25) is 0 Å². The maximum Gasteiger partial charge on any atom is 0.335 e. The molecule has 134 valence electrons. The molecule has 0 saturated carbocycles. The van der Waals surface area contributed by atoms with Crippen LogP contribution in [0.3, 0.4) is 0 Å². The number of phenols is 1. The molecule has 26 heavy (non-hydrogen) atoms. The number of carboxylic acids is 1. The SMILES string of the molecule is O=C(O)c1cc2c(c([C@H]3CC(c4cc(F)ccc4O)=NN3)c1)OCOC2. The molecule has 0 unspecified atom stereocenters. The van der Waals surface area contributed by atoms with Crippen molar-refractivity contribution in [1.82, 2.24) is 5.43 Å². The van der Waals surface area contributed by atoms with Gasteiger partial charge in [0.2, 0.25) is 0 Å². The van der Waals surface area contributed by atoms with Crippen LogP contribution in [0.15, 0.2) is 35.4 Å².